The second kappa shape index (κ2) is 9.39. The molecule has 0 saturated carbocycles. The molecule has 0 aliphatic carbocycles. The lowest BCUT2D eigenvalue weighted by Gasteiger charge is -1.69. The Morgan fingerprint density at radius 3 is 1.45 bits per heavy atom. The Morgan fingerprint density at radius 1 is 1.09 bits per heavy atom. The van der Waals surface area contributed by atoms with Crippen molar-refractivity contribution in [1.29, 1.82) is 0 Å². The Hall–Kier alpha value is -0.610. The van der Waals surface area contributed by atoms with Crippen LogP contribution in [0, 0.1) is 0 Å². The highest BCUT2D eigenvalue weighted by molar-refractivity contribution is 7.30. The predicted octanol–water partition coefficient (Wildman–Crippen LogP) is 0.527. The number of halogens is 1. The van der Waals surface area contributed by atoms with Gasteiger partial charge in [0, 0.05) is 17.0 Å². The molecule has 0 unspecified atom stereocenters. The van der Waals surface area contributed by atoms with E-state index >= 15 is 0 Å². The van der Waals surface area contributed by atoms with E-state index in [-0.39, 0.29) is 12.4 Å². The molecule has 1 aromatic heterocycles. The van der Waals surface area contributed by atoms with Gasteiger partial charge in [-0.25, -0.2) is 0 Å². The molecule has 1 rings (SSSR count). The molecule has 2 N–H and O–H groups in total. The van der Waals surface area contributed by atoms with Crippen LogP contribution in [-0.2, 0) is 4.57 Å². The van der Waals surface area contributed by atoms with Crippen LogP contribution in [0.4, 0.5) is 0 Å². The van der Waals surface area contributed by atoms with Gasteiger partial charge in [-0.15, -0.1) is 22.2 Å². The van der Waals surface area contributed by atoms with Crippen LogP contribution in [-0.4, -0.2) is 20.0 Å². The van der Waals surface area contributed by atoms with E-state index in [4.69, 9.17) is 14.4 Å². The molecule has 62 valence electrons. The van der Waals surface area contributed by atoms with E-state index in [1.54, 1.807) is 12.4 Å². The zero-order valence-corrected chi connectivity index (χ0v) is 7.07. The van der Waals surface area contributed by atoms with Crippen molar-refractivity contribution < 1.29 is 14.4 Å². The van der Waals surface area contributed by atoms with Crippen LogP contribution in [0.15, 0.2) is 24.5 Å². The fourth-order valence-corrected chi connectivity index (χ4v) is 0.253. The van der Waals surface area contributed by atoms with E-state index in [2.05, 4.69) is 10.2 Å². The van der Waals surface area contributed by atoms with Crippen molar-refractivity contribution in [2.45, 2.75) is 0 Å². The second-order valence-electron chi connectivity index (χ2n) is 1.17. The molecule has 0 fully saturated rings. The second-order valence-corrected chi connectivity index (χ2v) is 1.67. The van der Waals surface area contributed by atoms with E-state index in [0.717, 1.165) is 0 Å². The predicted molar refractivity (Wildman–Crippen MR) is 41.3 cm³/mol. The van der Waals surface area contributed by atoms with Crippen LogP contribution in [0.25, 0.3) is 0 Å². The molecular weight excluding hydrogens is 190 g/mol. The molecule has 7 heteroatoms. The van der Waals surface area contributed by atoms with Crippen molar-refractivity contribution in [3.8, 4) is 0 Å². The number of aromatic nitrogens is 2. The molecule has 11 heavy (non-hydrogen) atoms. The summed E-state index contributed by atoms with van der Waals surface area (Å²) in [4.78, 5) is 14.2. The fourth-order valence-electron chi connectivity index (χ4n) is 0.253. The third kappa shape index (κ3) is 17.7. The average molecular weight is 198 g/mol. The Labute approximate surface area is 70.5 Å². The van der Waals surface area contributed by atoms with Crippen molar-refractivity contribution in [2.75, 3.05) is 0 Å². The monoisotopic (exact) mass is 197 g/mol. The zero-order chi connectivity index (χ0) is 7.82. The Bertz CT molecular complexity index is 155. The molecule has 0 aromatic carbocycles. The quantitative estimate of drug-likeness (QED) is 0.593. The molecule has 0 amide bonds. The first-order chi connectivity index (χ1) is 4.73. The summed E-state index contributed by atoms with van der Waals surface area (Å²) in [5.41, 5.74) is 0. The third-order valence-electron chi connectivity index (χ3n) is 0.483. The molecule has 1 aromatic rings. The molecule has 0 saturated heterocycles. The first-order valence-corrected chi connectivity index (χ1v) is 3.46. The van der Waals surface area contributed by atoms with Gasteiger partial charge in [-0.3, -0.25) is 0 Å². The summed E-state index contributed by atoms with van der Waals surface area (Å²) in [6.07, 6.45) is 3.28. The summed E-state index contributed by atoms with van der Waals surface area (Å²) in [5.74, 6) is 0. The van der Waals surface area contributed by atoms with Gasteiger partial charge in [0.15, 0.2) is 0 Å². The molecule has 5 nitrogen and oxygen atoms in total. The SMILES string of the molecule is Cl.O=[P+](O)O.c1ccnnc1. The Balaban J connectivity index is 0. The number of hydrogen-bond donors (Lipinski definition) is 2. The Kier molecular flexibility index (Phi) is 11.1. The number of rotatable bonds is 0. The van der Waals surface area contributed by atoms with Gasteiger partial charge in [-0.2, -0.15) is 10.2 Å². The lowest BCUT2D eigenvalue weighted by Crippen LogP contribution is -1.69. The zero-order valence-electron chi connectivity index (χ0n) is 5.36. The molecule has 1 heterocycles. The van der Waals surface area contributed by atoms with Crippen molar-refractivity contribution in [3.05, 3.63) is 24.5 Å². The molecule has 0 atom stereocenters. The molecular formula is C4H7ClN2O3P+. The van der Waals surface area contributed by atoms with Gasteiger partial charge in [0.1, 0.15) is 0 Å². The highest BCUT2D eigenvalue weighted by atomic mass is 35.5. The highest BCUT2D eigenvalue weighted by Crippen LogP contribution is 1.98. The van der Waals surface area contributed by atoms with Crippen molar-refractivity contribution in [1.82, 2.24) is 10.2 Å². The van der Waals surface area contributed by atoms with Gasteiger partial charge in [0.05, 0.1) is 0 Å². The largest absolute Gasteiger partial charge is 0.692 e. The van der Waals surface area contributed by atoms with Gasteiger partial charge in [0.2, 0.25) is 0 Å². The van der Waals surface area contributed by atoms with Crippen molar-refractivity contribution in [2.24, 2.45) is 0 Å². The summed E-state index contributed by atoms with van der Waals surface area (Å²) in [5, 5.41) is 7.07. The number of hydrogen-bond acceptors (Lipinski definition) is 3. The van der Waals surface area contributed by atoms with Crippen LogP contribution in [0.3, 0.4) is 0 Å². The molecule has 0 radical (unpaired) electrons. The minimum atomic E-state index is -2.87. The number of nitrogens with zero attached hydrogens (tertiary/aromatic N) is 2. The van der Waals surface area contributed by atoms with Crippen molar-refractivity contribution in [3.63, 3.8) is 0 Å². The van der Waals surface area contributed by atoms with E-state index in [1.807, 2.05) is 12.1 Å². The maximum Gasteiger partial charge on any atom is 0.692 e. The summed E-state index contributed by atoms with van der Waals surface area (Å²) < 4.78 is 8.70. The topological polar surface area (TPSA) is 83.3 Å². The summed E-state index contributed by atoms with van der Waals surface area (Å²) in [6.45, 7) is 0. The van der Waals surface area contributed by atoms with Crippen molar-refractivity contribution >= 4 is 20.7 Å². The van der Waals surface area contributed by atoms with Gasteiger partial charge in [-0.1, -0.05) is 0 Å². The maximum absolute atomic E-state index is 8.70. The molecule has 0 spiro atoms. The van der Waals surface area contributed by atoms with E-state index in [0.29, 0.717) is 0 Å². The van der Waals surface area contributed by atoms with Crippen LogP contribution < -0.4 is 0 Å². The minimum Gasteiger partial charge on any atom is -0.159 e. The van der Waals surface area contributed by atoms with Gasteiger partial charge in [-0.05, 0) is 12.1 Å². The fraction of sp³-hybridized carbons (Fsp3) is 0. The Morgan fingerprint density at radius 2 is 1.36 bits per heavy atom. The first kappa shape index (κ1) is 13.0. The summed E-state index contributed by atoms with van der Waals surface area (Å²) in [7, 11) is -2.87. The third-order valence-corrected chi connectivity index (χ3v) is 0.483. The van der Waals surface area contributed by atoms with E-state index in [9.17, 15) is 0 Å². The summed E-state index contributed by atoms with van der Waals surface area (Å²) >= 11 is 0. The van der Waals surface area contributed by atoms with Crippen LogP contribution in [0.1, 0.15) is 0 Å². The van der Waals surface area contributed by atoms with E-state index < -0.39 is 8.25 Å². The normalized spacial score (nSPS) is 6.73. The maximum atomic E-state index is 8.70. The van der Waals surface area contributed by atoms with Crippen LogP contribution >= 0.6 is 20.7 Å². The first-order valence-electron chi connectivity index (χ1n) is 2.30. The van der Waals surface area contributed by atoms with E-state index in [1.165, 1.54) is 0 Å². The average Bonchev–Trinajstić information content (AvgIpc) is 1.90. The summed E-state index contributed by atoms with van der Waals surface area (Å²) in [6, 6.07) is 3.65. The smallest absolute Gasteiger partial charge is 0.159 e. The highest BCUT2D eigenvalue weighted by Gasteiger charge is 1.93. The molecule has 0 bridgehead atoms. The van der Waals surface area contributed by atoms with Gasteiger partial charge < -0.3 is 0 Å². The van der Waals surface area contributed by atoms with Gasteiger partial charge >= 0.3 is 8.25 Å². The van der Waals surface area contributed by atoms with Crippen LogP contribution in [0.5, 0.6) is 0 Å². The molecule has 0 aliphatic heterocycles. The minimum absolute atomic E-state index is 0. The lowest BCUT2D eigenvalue weighted by molar-refractivity contribution is 0.405. The van der Waals surface area contributed by atoms with Gasteiger partial charge in [0.25, 0.3) is 0 Å². The lowest BCUT2D eigenvalue weighted by atomic mass is 10.6. The standard InChI is InChI=1S/C4H4N2.ClH.HO3P/c1-2-4-6-5-3-1;;1-4(2)3/h1-4H;1H;(H-,1,2,3)/p+1. The molecule has 0 aliphatic rings. The van der Waals surface area contributed by atoms with Crippen LogP contribution in [0.2, 0.25) is 0 Å².